The molecule has 1 aromatic rings. The van der Waals surface area contributed by atoms with Gasteiger partial charge in [-0.1, -0.05) is 23.9 Å². The number of carbonyl (C=O) groups excluding carboxylic acids is 1. The van der Waals surface area contributed by atoms with E-state index in [4.69, 9.17) is 10.00 Å². The Kier molecular flexibility index (Phi) is 6.48. The first-order valence-electron chi connectivity index (χ1n) is 7.97. The van der Waals surface area contributed by atoms with Crippen molar-refractivity contribution < 1.29 is 9.53 Å². The Hall–Kier alpha value is -2.46. The Morgan fingerprint density at radius 3 is 2.64 bits per heavy atom. The monoisotopic (exact) mass is 358 g/mol. The van der Waals surface area contributed by atoms with Gasteiger partial charge in [-0.3, -0.25) is 0 Å². The lowest BCUT2D eigenvalue weighted by Crippen LogP contribution is -2.30. The number of nitriles is 1. The number of thioether (sulfide) groups is 1. The van der Waals surface area contributed by atoms with Crippen molar-refractivity contribution >= 4 is 28.6 Å². The van der Waals surface area contributed by atoms with E-state index in [0.717, 1.165) is 11.3 Å². The number of carbonyl (C=O) groups is 1. The van der Waals surface area contributed by atoms with E-state index < -0.39 is 6.04 Å². The minimum absolute atomic E-state index is 0.292. The molecule has 1 heterocycles. The van der Waals surface area contributed by atoms with Gasteiger partial charge in [0.15, 0.2) is 5.17 Å². The normalized spacial score (nSPS) is 16.6. The van der Waals surface area contributed by atoms with Gasteiger partial charge >= 0.3 is 5.97 Å². The predicted octanol–water partition coefficient (Wildman–Crippen LogP) is 2.85. The van der Waals surface area contributed by atoms with Crippen LogP contribution >= 0.6 is 11.8 Å². The molecular weight excluding hydrogens is 336 g/mol. The molecule has 1 aromatic carbocycles. The lowest BCUT2D eigenvalue weighted by molar-refractivity contribution is -0.138. The van der Waals surface area contributed by atoms with Crippen LogP contribution in [0.25, 0.3) is 0 Å². The number of hydrogen-bond donors (Lipinski definition) is 1. The zero-order valence-corrected chi connectivity index (χ0v) is 15.7. The van der Waals surface area contributed by atoms with Crippen LogP contribution in [0.15, 0.2) is 40.5 Å². The SMILES string of the molecule is CCOC(=O)C1=C(C)NC(SCC#N)=N[C@H]1c1ccc(N(C)C)cc1. The maximum atomic E-state index is 12.4. The number of nitrogens with one attached hydrogen (secondary N) is 1. The Morgan fingerprint density at radius 2 is 2.08 bits per heavy atom. The van der Waals surface area contributed by atoms with E-state index >= 15 is 0 Å². The van der Waals surface area contributed by atoms with Crippen LogP contribution in [0.1, 0.15) is 25.5 Å². The van der Waals surface area contributed by atoms with Crippen LogP contribution in [-0.4, -0.2) is 37.6 Å². The highest BCUT2D eigenvalue weighted by Crippen LogP contribution is 2.33. The number of esters is 1. The second-order valence-electron chi connectivity index (χ2n) is 5.65. The van der Waals surface area contributed by atoms with Crippen molar-refractivity contribution in [3.05, 3.63) is 41.1 Å². The summed E-state index contributed by atoms with van der Waals surface area (Å²) in [5, 5.41) is 12.5. The molecule has 0 aliphatic carbocycles. The van der Waals surface area contributed by atoms with Crippen molar-refractivity contribution in [1.29, 1.82) is 5.26 Å². The third kappa shape index (κ3) is 4.54. The summed E-state index contributed by atoms with van der Waals surface area (Å²) < 4.78 is 5.21. The molecule has 132 valence electrons. The van der Waals surface area contributed by atoms with E-state index in [0.29, 0.717) is 28.8 Å². The van der Waals surface area contributed by atoms with Crippen LogP contribution in [0.3, 0.4) is 0 Å². The van der Waals surface area contributed by atoms with E-state index in [-0.39, 0.29) is 5.97 Å². The average molecular weight is 358 g/mol. The van der Waals surface area contributed by atoms with Crippen molar-refractivity contribution in [2.24, 2.45) is 4.99 Å². The number of aliphatic imine (C=N–C) groups is 1. The lowest BCUT2D eigenvalue weighted by Gasteiger charge is -2.26. The molecule has 0 saturated heterocycles. The van der Waals surface area contributed by atoms with Gasteiger partial charge in [0.05, 0.1) is 24.0 Å². The second kappa shape index (κ2) is 8.58. The van der Waals surface area contributed by atoms with Crippen LogP contribution in [0.2, 0.25) is 0 Å². The highest BCUT2D eigenvalue weighted by Gasteiger charge is 2.30. The molecule has 1 atom stereocenters. The minimum atomic E-state index is -0.447. The molecule has 0 amide bonds. The first-order valence-corrected chi connectivity index (χ1v) is 8.96. The van der Waals surface area contributed by atoms with Crippen molar-refractivity contribution in [2.45, 2.75) is 19.9 Å². The summed E-state index contributed by atoms with van der Waals surface area (Å²) in [5.74, 6) is -0.0811. The topological polar surface area (TPSA) is 77.7 Å². The van der Waals surface area contributed by atoms with Crippen LogP contribution < -0.4 is 10.2 Å². The first kappa shape index (κ1) is 18.9. The maximum Gasteiger partial charge on any atom is 0.338 e. The number of amidine groups is 1. The molecule has 25 heavy (non-hydrogen) atoms. The lowest BCUT2D eigenvalue weighted by atomic mass is 9.96. The Labute approximate surface area is 152 Å². The molecule has 0 fully saturated rings. The summed E-state index contributed by atoms with van der Waals surface area (Å²) in [5.41, 5.74) is 3.18. The predicted molar refractivity (Wildman–Crippen MR) is 101 cm³/mol. The van der Waals surface area contributed by atoms with Crippen LogP contribution in [-0.2, 0) is 9.53 Å². The molecule has 7 heteroatoms. The third-order valence-corrected chi connectivity index (χ3v) is 4.47. The van der Waals surface area contributed by atoms with Gasteiger partial charge in [0.25, 0.3) is 0 Å². The number of ether oxygens (including phenoxy) is 1. The summed E-state index contributed by atoms with van der Waals surface area (Å²) in [6.07, 6.45) is 0. The van der Waals surface area contributed by atoms with Gasteiger partial charge in [0.1, 0.15) is 6.04 Å². The summed E-state index contributed by atoms with van der Waals surface area (Å²) >= 11 is 1.32. The molecule has 0 saturated carbocycles. The largest absolute Gasteiger partial charge is 0.463 e. The molecule has 0 unspecified atom stereocenters. The Balaban J connectivity index is 2.41. The number of rotatable bonds is 5. The molecule has 1 aliphatic heterocycles. The van der Waals surface area contributed by atoms with Gasteiger partial charge in [-0.05, 0) is 31.5 Å². The molecule has 0 radical (unpaired) electrons. The quantitative estimate of drug-likeness (QED) is 0.816. The van der Waals surface area contributed by atoms with Crippen molar-refractivity contribution in [2.75, 3.05) is 31.4 Å². The fourth-order valence-corrected chi connectivity index (χ4v) is 3.10. The molecule has 2 rings (SSSR count). The van der Waals surface area contributed by atoms with Gasteiger partial charge in [0.2, 0.25) is 0 Å². The Bertz CT molecular complexity index is 732. The number of anilines is 1. The zero-order valence-electron chi connectivity index (χ0n) is 14.9. The van der Waals surface area contributed by atoms with E-state index in [9.17, 15) is 4.79 Å². The van der Waals surface area contributed by atoms with Gasteiger partial charge in [0, 0.05) is 25.5 Å². The van der Waals surface area contributed by atoms with E-state index in [1.54, 1.807) is 6.92 Å². The van der Waals surface area contributed by atoms with Gasteiger partial charge in [-0.25, -0.2) is 9.79 Å². The van der Waals surface area contributed by atoms with E-state index in [2.05, 4.69) is 16.4 Å². The second-order valence-corrected chi connectivity index (χ2v) is 6.62. The molecule has 0 aromatic heterocycles. The number of benzene rings is 1. The number of allylic oxidation sites excluding steroid dienone is 1. The summed E-state index contributed by atoms with van der Waals surface area (Å²) in [6, 6.07) is 9.56. The standard InChI is InChI=1S/C18H22N4O2S/c1-5-24-17(23)15-12(2)20-18(25-11-10-19)21-16(15)13-6-8-14(9-7-13)22(3)4/h6-9,16H,5,11H2,1-4H3,(H,20,21)/t16-/m0/s1. The molecular formula is C18H22N4O2S. The van der Waals surface area contributed by atoms with Crippen LogP contribution in [0, 0.1) is 11.3 Å². The molecule has 6 nitrogen and oxygen atoms in total. The summed E-state index contributed by atoms with van der Waals surface area (Å²) in [6.45, 7) is 3.92. The highest BCUT2D eigenvalue weighted by atomic mass is 32.2. The highest BCUT2D eigenvalue weighted by molar-refractivity contribution is 8.14. The molecule has 1 aliphatic rings. The average Bonchev–Trinajstić information content (AvgIpc) is 2.59. The van der Waals surface area contributed by atoms with Crippen molar-refractivity contribution in [1.82, 2.24) is 5.32 Å². The van der Waals surface area contributed by atoms with E-state index in [1.165, 1.54) is 11.8 Å². The molecule has 0 bridgehead atoms. The van der Waals surface area contributed by atoms with Gasteiger partial charge < -0.3 is 15.0 Å². The number of hydrogen-bond acceptors (Lipinski definition) is 7. The Morgan fingerprint density at radius 1 is 1.40 bits per heavy atom. The third-order valence-electron chi connectivity index (χ3n) is 3.71. The van der Waals surface area contributed by atoms with Gasteiger partial charge in [-0.2, -0.15) is 5.26 Å². The molecule has 0 spiro atoms. The first-order chi connectivity index (χ1) is 12.0. The maximum absolute atomic E-state index is 12.4. The zero-order chi connectivity index (χ0) is 18.4. The fourth-order valence-electron chi connectivity index (χ4n) is 2.49. The number of nitrogens with zero attached hydrogens (tertiary/aromatic N) is 3. The molecule has 1 N–H and O–H groups in total. The van der Waals surface area contributed by atoms with Crippen molar-refractivity contribution in [3.63, 3.8) is 0 Å². The van der Waals surface area contributed by atoms with E-state index in [1.807, 2.05) is 50.2 Å². The van der Waals surface area contributed by atoms with Crippen LogP contribution in [0.5, 0.6) is 0 Å². The summed E-state index contributed by atoms with van der Waals surface area (Å²) in [4.78, 5) is 19.1. The van der Waals surface area contributed by atoms with Crippen LogP contribution in [0.4, 0.5) is 5.69 Å². The smallest absolute Gasteiger partial charge is 0.338 e. The van der Waals surface area contributed by atoms with Gasteiger partial charge in [-0.15, -0.1) is 0 Å². The fraction of sp³-hybridized carbons (Fsp3) is 0.389. The minimum Gasteiger partial charge on any atom is -0.463 e. The summed E-state index contributed by atoms with van der Waals surface area (Å²) in [7, 11) is 3.95. The van der Waals surface area contributed by atoms with Crippen molar-refractivity contribution in [3.8, 4) is 6.07 Å².